The zero-order chi connectivity index (χ0) is 6.57. The van der Waals surface area contributed by atoms with E-state index < -0.39 is 0 Å². The van der Waals surface area contributed by atoms with Crippen molar-refractivity contribution in [1.29, 1.82) is 0 Å². The van der Waals surface area contributed by atoms with Gasteiger partial charge in [-0.15, -0.1) is 6.50 Å². The molecule has 0 saturated carbocycles. The molecule has 0 fully saturated rings. The maximum absolute atomic E-state index is 2.46. The van der Waals surface area contributed by atoms with Crippen molar-refractivity contribution in [3.05, 3.63) is 0 Å². The molecule has 0 nitrogen and oxygen atoms in total. The maximum atomic E-state index is 2.46. The van der Waals surface area contributed by atoms with Gasteiger partial charge in [0.15, 0.2) is 0 Å². The zero-order valence-corrected chi connectivity index (χ0v) is 9.68. The lowest BCUT2D eigenvalue weighted by molar-refractivity contribution is 2.44. The quantitative estimate of drug-likeness (QED) is 0.549. The SMILES string of the molecule is CP=P(C)=[PH](C)PC. The molecule has 0 amide bonds. The Morgan fingerprint density at radius 1 is 1.62 bits per heavy atom. The summed E-state index contributed by atoms with van der Waals surface area (Å²) in [7, 11) is 2.90. The molecular weight excluding hydrogens is 172 g/mol. The first-order valence-electron chi connectivity index (χ1n) is 2.57. The van der Waals surface area contributed by atoms with E-state index in [1.165, 1.54) is 8.27 Å². The van der Waals surface area contributed by atoms with Crippen LogP contribution in [-0.2, 0) is 0 Å². The molecule has 0 spiro atoms. The molecule has 0 bridgehead atoms. The number of hydrogen-bond donors (Lipinski definition) is 0. The summed E-state index contributed by atoms with van der Waals surface area (Å²) in [5, 5.41) is 0. The molecule has 0 aliphatic heterocycles. The lowest BCUT2D eigenvalue weighted by atomic mass is 12.0. The van der Waals surface area contributed by atoms with E-state index in [1.54, 1.807) is 7.87 Å². The zero-order valence-electron chi connectivity index (χ0n) is 5.89. The van der Waals surface area contributed by atoms with E-state index in [9.17, 15) is 0 Å². The highest BCUT2D eigenvalue weighted by atomic mass is 32.3. The molecule has 3 atom stereocenters. The average Bonchev–Trinajstić information content (AvgIpc) is 1.84. The predicted octanol–water partition coefficient (Wildman–Crippen LogP) is 3.57. The molecule has 0 aromatic heterocycles. The molecule has 0 rings (SSSR count). The van der Waals surface area contributed by atoms with E-state index in [4.69, 9.17) is 0 Å². The van der Waals surface area contributed by atoms with Crippen LogP contribution in [0.1, 0.15) is 0 Å². The van der Waals surface area contributed by atoms with Gasteiger partial charge in [0.25, 0.3) is 0 Å². The fourth-order valence-electron chi connectivity index (χ4n) is 0.312. The molecule has 0 aromatic rings. The molecule has 50 valence electrons. The van der Waals surface area contributed by atoms with E-state index in [0.717, 1.165) is 0 Å². The van der Waals surface area contributed by atoms with Gasteiger partial charge in [0.05, 0.1) is 0 Å². The lowest BCUT2D eigenvalue weighted by Gasteiger charge is -1.93. The molecule has 0 saturated heterocycles. The first-order chi connectivity index (χ1) is 3.72. The second kappa shape index (κ2) is 5.26. The topological polar surface area (TPSA) is 0 Å². The van der Waals surface area contributed by atoms with Crippen molar-refractivity contribution in [2.75, 3.05) is 26.7 Å². The minimum absolute atomic E-state index is 0.123. The summed E-state index contributed by atoms with van der Waals surface area (Å²) in [6.45, 7) is 10.1. The first kappa shape index (κ1) is 9.46. The van der Waals surface area contributed by atoms with Gasteiger partial charge in [-0.1, -0.05) is 23.0 Å². The smallest absolute Gasteiger partial charge is 0.0186 e. The van der Waals surface area contributed by atoms with Crippen LogP contribution < -0.4 is 0 Å². The molecular formula is C4H14P4. The second-order valence-corrected chi connectivity index (χ2v) is 17.8. The monoisotopic (exact) mass is 186 g/mol. The van der Waals surface area contributed by atoms with Crippen molar-refractivity contribution in [2.24, 2.45) is 0 Å². The summed E-state index contributed by atoms with van der Waals surface area (Å²) in [6, 6.07) is 0. The summed E-state index contributed by atoms with van der Waals surface area (Å²) >= 11 is 0. The Bertz CT molecular complexity index is 140. The summed E-state index contributed by atoms with van der Waals surface area (Å²) in [5.41, 5.74) is 0. The predicted molar refractivity (Wildman–Crippen MR) is 54.2 cm³/mol. The van der Waals surface area contributed by atoms with Crippen LogP contribution in [0.3, 0.4) is 0 Å². The maximum Gasteiger partial charge on any atom is -0.0186 e. The molecule has 3 unspecified atom stereocenters. The van der Waals surface area contributed by atoms with E-state index >= 15 is 0 Å². The highest BCUT2D eigenvalue weighted by Crippen LogP contribution is 2.54. The molecule has 0 aliphatic carbocycles. The number of hydrogen-bond acceptors (Lipinski definition) is 0. The molecule has 8 heavy (non-hydrogen) atoms. The van der Waals surface area contributed by atoms with Gasteiger partial charge in [-0.3, -0.25) is 0 Å². The van der Waals surface area contributed by atoms with Gasteiger partial charge in [0, 0.05) is 0 Å². The molecule has 0 N–H and O–H groups in total. The normalized spacial score (nSPS) is 17.8. The Balaban J connectivity index is 4.29. The fourth-order valence-corrected chi connectivity index (χ4v) is 13.8. The van der Waals surface area contributed by atoms with E-state index in [0.29, 0.717) is 6.50 Å². The van der Waals surface area contributed by atoms with Gasteiger partial charge >= 0.3 is 0 Å². The Kier molecular flexibility index (Phi) is 6.22. The second-order valence-electron chi connectivity index (χ2n) is 1.56. The Morgan fingerprint density at radius 2 is 2.12 bits per heavy atom. The van der Waals surface area contributed by atoms with Crippen LogP contribution in [0, 0.1) is 0 Å². The summed E-state index contributed by atoms with van der Waals surface area (Å²) in [5.74, 6) is 0. The van der Waals surface area contributed by atoms with E-state index in [2.05, 4.69) is 26.7 Å². The van der Waals surface area contributed by atoms with Crippen molar-refractivity contribution >= 4 is 29.5 Å². The van der Waals surface area contributed by atoms with Crippen molar-refractivity contribution in [3.8, 4) is 0 Å². The summed E-state index contributed by atoms with van der Waals surface area (Å²) in [4.78, 5) is 0. The van der Waals surface area contributed by atoms with Crippen LogP contribution >= 0.6 is 29.5 Å². The van der Waals surface area contributed by atoms with Gasteiger partial charge in [0.1, 0.15) is 0 Å². The molecule has 0 heterocycles. The molecule has 4 heteroatoms. The van der Waals surface area contributed by atoms with Crippen LogP contribution in [0.4, 0.5) is 0 Å². The largest absolute Gasteiger partial charge is 0.107 e. The lowest BCUT2D eigenvalue weighted by Crippen LogP contribution is -1.33. The minimum Gasteiger partial charge on any atom is -0.107 e. The van der Waals surface area contributed by atoms with Crippen molar-refractivity contribution in [2.45, 2.75) is 0 Å². The van der Waals surface area contributed by atoms with Crippen molar-refractivity contribution in [3.63, 3.8) is 0 Å². The van der Waals surface area contributed by atoms with Crippen LogP contribution in [0.5, 0.6) is 0 Å². The summed E-state index contributed by atoms with van der Waals surface area (Å²) in [6.07, 6.45) is 0. The van der Waals surface area contributed by atoms with Gasteiger partial charge in [0.2, 0.25) is 0 Å². The van der Waals surface area contributed by atoms with Crippen LogP contribution in [0.2, 0.25) is 0 Å². The van der Waals surface area contributed by atoms with Gasteiger partial charge in [-0.25, -0.2) is 0 Å². The molecule has 0 radical (unpaired) electrons. The van der Waals surface area contributed by atoms with Crippen molar-refractivity contribution in [1.82, 2.24) is 0 Å². The minimum atomic E-state index is 0.123. The molecule has 0 aliphatic rings. The fraction of sp³-hybridized carbons (Fsp3) is 1.00. The standard InChI is InChI=1S/C4H14P4/c1-5-7(3)8(4)6-2/h5,7H,1-4H3. The van der Waals surface area contributed by atoms with Gasteiger partial charge in [-0.05, 0) is 26.7 Å². The average molecular weight is 186 g/mol. The summed E-state index contributed by atoms with van der Waals surface area (Å²) < 4.78 is 0. The van der Waals surface area contributed by atoms with E-state index in [1.807, 2.05) is 0 Å². The highest BCUT2D eigenvalue weighted by molar-refractivity contribution is 8.41. The number of rotatable bonds is 1. The Labute approximate surface area is 56.7 Å². The van der Waals surface area contributed by atoms with Crippen LogP contribution in [0.25, 0.3) is 0 Å². The third-order valence-corrected chi connectivity index (χ3v) is 21.5. The third kappa shape index (κ3) is 3.48. The van der Waals surface area contributed by atoms with Gasteiger partial charge < -0.3 is 0 Å². The Morgan fingerprint density at radius 3 is 2.25 bits per heavy atom. The third-order valence-electron chi connectivity index (χ3n) is 1.15. The Hall–Kier alpha value is 1.46. The highest BCUT2D eigenvalue weighted by Gasteiger charge is 1.77. The van der Waals surface area contributed by atoms with Crippen LogP contribution in [-0.4, -0.2) is 26.7 Å². The van der Waals surface area contributed by atoms with Gasteiger partial charge in [-0.2, -0.15) is 0 Å². The van der Waals surface area contributed by atoms with Crippen molar-refractivity contribution < 1.29 is 0 Å². The molecule has 0 aromatic carbocycles. The first-order valence-corrected chi connectivity index (χ1v) is 11.7. The van der Waals surface area contributed by atoms with E-state index in [-0.39, 0.29) is 6.90 Å². The van der Waals surface area contributed by atoms with Crippen LogP contribution in [0.15, 0.2) is 0 Å².